The van der Waals surface area contributed by atoms with Crippen LogP contribution >= 0.6 is 0 Å². The topological polar surface area (TPSA) is 84.3 Å². The first-order valence-electron chi connectivity index (χ1n) is 12.1. The van der Waals surface area contributed by atoms with E-state index in [2.05, 4.69) is 22.5 Å². The highest BCUT2D eigenvalue weighted by Gasteiger charge is 2.35. The molecule has 1 N–H and O–H groups in total. The number of piperidine rings is 1. The van der Waals surface area contributed by atoms with Gasteiger partial charge in [-0.25, -0.2) is 12.8 Å². The molecule has 1 aliphatic carbocycles. The molecule has 184 valence electrons. The third-order valence-corrected chi connectivity index (χ3v) is 8.97. The Morgan fingerprint density at radius 2 is 1.74 bits per heavy atom. The second-order valence-corrected chi connectivity index (χ2v) is 11.2. The number of hydrogen-bond donors (Lipinski definition) is 1. The number of carbonyl (C=O) groups is 1. The van der Waals surface area contributed by atoms with Gasteiger partial charge in [-0.1, -0.05) is 42.5 Å². The molecule has 9 heteroatoms. The second-order valence-electron chi connectivity index (χ2n) is 9.25. The molecule has 5 rings (SSSR count). The predicted octanol–water partition coefficient (Wildman–Crippen LogP) is 3.67. The maximum atomic E-state index is 14.1. The van der Waals surface area contributed by atoms with E-state index < -0.39 is 15.8 Å². The number of benzene rings is 2. The van der Waals surface area contributed by atoms with Crippen molar-refractivity contribution in [2.45, 2.75) is 49.6 Å². The van der Waals surface area contributed by atoms with Crippen molar-refractivity contribution >= 4 is 15.9 Å². The van der Waals surface area contributed by atoms with Crippen molar-refractivity contribution in [1.82, 2.24) is 19.4 Å². The summed E-state index contributed by atoms with van der Waals surface area (Å²) in [5.74, 6) is -1.08. The Hall–Kier alpha value is -3.04. The van der Waals surface area contributed by atoms with Gasteiger partial charge in [0.05, 0.1) is 18.8 Å². The van der Waals surface area contributed by atoms with Gasteiger partial charge in [0.25, 0.3) is 0 Å². The largest absolute Gasteiger partial charge is 0.349 e. The lowest BCUT2D eigenvalue weighted by Gasteiger charge is -2.32. The Kier molecular flexibility index (Phi) is 6.71. The standard InChI is InChI=1S/C26H29FN4O3S/c27-22-9-4-5-12-25(22)35(33,34)30-15-13-20(14-16-30)26(32)29-23-10-6-11-24-21(23)17-28-31(24)18-19-7-2-1-3-8-19/h1-5,7-9,12,17,20,23H,6,10-11,13-16,18H2,(H,29,32). The normalized spacial score (nSPS) is 19.3. The van der Waals surface area contributed by atoms with E-state index in [-0.39, 0.29) is 35.9 Å². The predicted molar refractivity (Wildman–Crippen MR) is 129 cm³/mol. The summed E-state index contributed by atoms with van der Waals surface area (Å²) < 4.78 is 43.1. The van der Waals surface area contributed by atoms with Gasteiger partial charge in [-0.15, -0.1) is 0 Å². The summed E-state index contributed by atoms with van der Waals surface area (Å²) in [7, 11) is -3.92. The van der Waals surface area contributed by atoms with Gasteiger partial charge in [0.15, 0.2) is 0 Å². The Bertz CT molecular complexity index is 1300. The van der Waals surface area contributed by atoms with Crippen molar-refractivity contribution in [2.24, 2.45) is 5.92 Å². The van der Waals surface area contributed by atoms with Crippen molar-refractivity contribution < 1.29 is 17.6 Å². The lowest BCUT2D eigenvalue weighted by molar-refractivity contribution is -0.127. The molecule has 0 bridgehead atoms. The van der Waals surface area contributed by atoms with Crippen LogP contribution in [0.5, 0.6) is 0 Å². The van der Waals surface area contributed by atoms with Crippen LogP contribution in [0.3, 0.4) is 0 Å². The first-order chi connectivity index (χ1) is 16.9. The molecule has 1 unspecified atom stereocenters. The highest BCUT2D eigenvalue weighted by Crippen LogP contribution is 2.31. The molecule has 35 heavy (non-hydrogen) atoms. The van der Waals surface area contributed by atoms with Crippen LogP contribution in [-0.4, -0.2) is 41.5 Å². The third-order valence-electron chi connectivity index (χ3n) is 7.03. The molecule has 1 atom stereocenters. The highest BCUT2D eigenvalue weighted by atomic mass is 32.2. The van der Waals surface area contributed by atoms with E-state index >= 15 is 0 Å². The van der Waals surface area contributed by atoms with E-state index in [1.807, 2.05) is 29.1 Å². The van der Waals surface area contributed by atoms with Crippen molar-refractivity contribution in [2.75, 3.05) is 13.1 Å². The smallest absolute Gasteiger partial charge is 0.245 e. The molecular formula is C26H29FN4O3S. The molecule has 2 aliphatic rings. The second kappa shape index (κ2) is 9.91. The fourth-order valence-electron chi connectivity index (χ4n) is 5.10. The van der Waals surface area contributed by atoms with E-state index in [4.69, 9.17) is 0 Å². The van der Waals surface area contributed by atoms with Gasteiger partial charge in [0.1, 0.15) is 10.7 Å². The van der Waals surface area contributed by atoms with E-state index in [0.29, 0.717) is 19.4 Å². The number of hydrogen-bond acceptors (Lipinski definition) is 4. The Balaban J connectivity index is 1.22. The molecule has 2 heterocycles. The quantitative estimate of drug-likeness (QED) is 0.565. The molecule has 3 aromatic rings. The number of halogens is 1. The minimum atomic E-state index is -3.92. The number of sulfonamides is 1. The zero-order chi connectivity index (χ0) is 24.4. The zero-order valence-corrected chi connectivity index (χ0v) is 20.3. The summed E-state index contributed by atoms with van der Waals surface area (Å²) in [5.41, 5.74) is 3.41. The molecule has 1 aromatic heterocycles. The van der Waals surface area contributed by atoms with Crippen molar-refractivity contribution in [3.63, 3.8) is 0 Å². The minimum Gasteiger partial charge on any atom is -0.349 e. The maximum absolute atomic E-state index is 14.1. The Labute approximate surface area is 205 Å². The first kappa shape index (κ1) is 23.7. The summed E-state index contributed by atoms with van der Waals surface area (Å²) >= 11 is 0. The molecule has 0 radical (unpaired) electrons. The lowest BCUT2D eigenvalue weighted by atomic mass is 9.91. The number of nitrogens with one attached hydrogen (secondary N) is 1. The Morgan fingerprint density at radius 1 is 1.03 bits per heavy atom. The van der Waals surface area contributed by atoms with Crippen LogP contribution in [0.15, 0.2) is 65.7 Å². The molecule has 1 fully saturated rings. The van der Waals surface area contributed by atoms with Crippen LogP contribution in [-0.2, 0) is 27.8 Å². The first-order valence-corrected chi connectivity index (χ1v) is 13.5. The van der Waals surface area contributed by atoms with Crippen LogP contribution in [0.25, 0.3) is 0 Å². The molecule has 2 aromatic carbocycles. The van der Waals surface area contributed by atoms with Crippen molar-refractivity contribution in [1.29, 1.82) is 0 Å². The number of rotatable bonds is 6. The number of carbonyl (C=O) groups excluding carboxylic acids is 1. The van der Waals surface area contributed by atoms with Crippen molar-refractivity contribution in [3.8, 4) is 0 Å². The summed E-state index contributed by atoms with van der Waals surface area (Å²) in [6, 6.07) is 15.5. The van der Waals surface area contributed by atoms with Crippen molar-refractivity contribution in [3.05, 3.63) is 83.4 Å². The van der Waals surface area contributed by atoms with Gasteiger partial charge in [-0.05, 0) is 49.8 Å². The number of amides is 1. The van der Waals surface area contributed by atoms with Crippen LogP contribution in [0.2, 0.25) is 0 Å². The summed E-state index contributed by atoms with van der Waals surface area (Å²) in [6.07, 6.45) is 5.44. The fourth-order valence-corrected chi connectivity index (χ4v) is 6.64. The van der Waals surface area contributed by atoms with Crippen LogP contribution in [0.1, 0.15) is 48.5 Å². The SMILES string of the molecule is O=C(NC1CCCc2c1cnn2Cc1ccccc1)C1CCN(S(=O)(=O)c2ccccc2F)CC1. The van der Waals surface area contributed by atoms with E-state index in [1.165, 1.54) is 28.1 Å². The van der Waals surface area contributed by atoms with Crippen LogP contribution in [0.4, 0.5) is 4.39 Å². The fraction of sp³-hybridized carbons (Fsp3) is 0.385. The molecule has 1 saturated heterocycles. The molecule has 7 nitrogen and oxygen atoms in total. The number of fused-ring (bicyclic) bond motifs is 1. The van der Waals surface area contributed by atoms with Crippen LogP contribution in [0, 0.1) is 11.7 Å². The zero-order valence-electron chi connectivity index (χ0n) is 19.4. The maximum Gasteiger partial charge on any atom is 0.245 e. The third kappa shape index (κ3) is 4.88. The molecule has 0 spiro atoms. The monoisotopic (exact) mass is 496 g/mol. The van der Waals surface area contributed by atoms with Gasteiger partial charge >= 0.3 is 0 Å². The van der Waals surface area contributed by atoms with Gasteiger partial charge in [0.2, 0.25) is 15.9 Å². The minimum absolute atomic E-state index is 0.0541. The van der Waals surface area contributed by atoms with Gasteiger partial charge < -0.3 is 5.32 Å². The number of aromatic nitrogens is 2. The van der Waals surface area contributed by atoms with Crippen LogP contribution < -0.4 is 5.32 Å². The molecule has 0 saturated carbocycles. The average molecular weight is 497 g/mol. The molecular weight excluding hydrogens is 467 g/mol. The van der Waals surface area contributed by atoms with E-state index in [0.717, 1.165) is 36.6 Å². The highest BCUT2D eigenvalue weighted by molar-refractivity contribution is 7.89. The van der Waals surface area contributed by atoms with E-state index in [9.17, 15) is 17.6 Å². The van der Waals surface area contributed by atoms with Gasteiger partial charge in [0, 0.05) is 30.3 Å². The van der Waals surface area contributed by atoms with Gasteiger partial charge in [-0.2, -0.15) is 9.40 Å². The molecule has 1 aliphatic heterocycles. The summed E-state index contributed by atoms with van der Waals surface area (Å²) in [4.78, 5) is 12.8. The Morgan fingerprint density at radius 3 is 2.49 bits per heavy atom. The summed E-state index contributed by atoms with van der Waals surface area (Å²) in [5, 5.41) is 7.79. The van der Waals surface area contributed by atoms with Gasteiger partial charge in [-0.3, -0.25) is 9.48 Å². The molecule has 1 amide bonds. The lowest BCUT2D eigenvalue weighted by Crippen LogP contribution is -2.44. The summed E-state index contributed by atoms with van der Waals surface area (Å²) in [6.45, 7) is 1.09. The average Bonchev–Trinajstić information content (AvgIpc) is 3.28. The van der Waals surface area contributed by atoms with E-state index in [1.54, 1.807) is 0 Å². The number of nitrogens with zero attached hydrogens (tertiary/aromatic N) is 3.